The van der Waals surface area contributed by atoms with E-state index in [-0.39, 0.29) is 17.4 Å². The Balaban J connectivity index is 2.23. The van der Waals surface area contributed by atoms with Crippen molar-refractivity contribution in [2.75, 3.05) is 11.9 Å². The normalized spacial score (nSPS) is 9.94. The molecule has 0 saturated carbocycles. The molecule has 0 saturated heterocycles. The molecule has 2 aromatic rings. The predicted molar refractivity (Wildman–Crippen MR) is 62.9 cm³/mol. The first-order valence-electron chi connectivity index (χ1n) is 5.01. The predicted octanol–water partition coefficient (Wildman–Crippen LogP) is 1.46. The lowest BCUT2D eigenvalue weighted by Crippen LogP contribution is -2.27. The van der Waals surface area contributed by atoms with Crippen molar-refractivity contribution < 1.29 is 9.90 Å². The minimum atomic E-state index is -0.246. The van der Waals surface area contributed by atoms with Gasteiger partial charge < -0.3 is 10.0 Å². The van der Waals surface area contributed by atoms with Crippen LogP contribution < -0.4 is 4.90 Å². The lowest BCUT2D eigenvalue weighted by molar-refractivity contribution is 0.0988. The summed E-state index contributed by atoms with van der Waals surface area (Å²) in [6.45, 7) is 0. The van der Waals surface area contributed by atoms with Gasteiger partial charge in [0, 0.05) is 25.1 Å². The molecule has 0 aliphatic heterocycles. The Hall–Kier alpha value is -2.43. The molecule has 5 heteroatoms. The van der Waals surface area contributed by atoms with Crippen LogP contribution in [0.1, 0.15) is 10.5 Å². The van der Waals surface area contributed by atoms with Gasteiger partial charge in [-0.3, -0.25) is 9.78 Å². The molecular weight excluding hydrogens is 218 g/mol. The Kier molecular flexibility index (Phi) is 3.00. The van der Waals surface area contributed by atoms with Gasteiger partial charge in [0.25, 0.3) is 5.91 Å². The van der Waals surface area contributed by atoms with E-state index in [2.05, 4.69) is 9.97 Å². The summed E-state index contributed by atoms with van der Waals surface area (Å²) < 4.78 is 0. The lowest BCUT2D eigenvalue weighted by Gasteiger charge is -2.16. The van der Waals surface area contributed by atoms with Gasteiger partial charge in [0.2, 0.25) is 0 Å². The topological polar surface area (TPSA) is 66.3 Å². The molecule has 0 aliphatic carbocycles. The van der Waals surface area contributed by atoms with Gasteiger partial charge in [-0.1, -0.05) is 0 Å². The second-order valence-electron chi connectivity index (χ2n) is 3.47. The summed E-state index contributed by atoms with van der Waals surface area (Å²) >= 11 is 0. The van der Waals surface area contributed by atoms with Crippen molar-refractivity contribution >= 4 is 11.6 Å². The molecule has 2 rings (SSSR count). The smallest absolute Gasteiger partial charge is 0.278 e. The number of amides is 1. The van der Waals surface area contributed by atoms with Gasteiger partial charge in [-0.25, -0.2) is 4.98 Å². The number of anilines is 1. The molecule has 0 spiro atoms. The molecule has 17 heavy (non-hydrogen) atoms. The number of phenolic OH excluding ortho intramolecular Hbond substituents is 1. The van der Waals surface area contributed by atoms with Crippen LogP contribution in [-0.2, 0) is 0 Å². The molecule has 1 amide bonds. The maximum absolute atomic E-state index is 12.0. The SMILES string of the molecule is CN(C(=O)c1cnccn1)c1ccc(O)cc1. The zero-order valence-corrected chi connectivity index (χ0v) is 9.24. The van der Waals surface area contributed by atoms with Crippen molar-refractivity contribution in [2.45, 2.75) is 0 Å². The minimum absolute atomic E-state index is 0.161. The standard InChI is InChI=1S/C12H11N3O2/c1-15(9-2-4-10(16)5-3-9)12(17)11-8-13-6-7-14-11/h2-8,16H,1H3. The number of benzene rings is 1. The van der Waals surface area contributed by atoms with E-state index in [1.165, 1.54) is 35.6 Å². The highest BCUT2D eigenvalue weighted by Gasteiger charge is 2.14. The summed E-state index contributed by atoms with van der Waals surface area (Å²) in [5.74, 6) is -0.0853. The number of aromatic nitrogens is 2. The number of nitrogens with zero attached hydrogens (tertiary/aromatic N) is 3. The Labute approximate surface area is 98.4 Å². The average Bonchev–Trinajstić information content (AvgIpc) is 2.39. The third-order valence-corrected chi connectivity index (χ3v) is 2.32. The first-order valence-corrected chi connectivity index (χ1v) is 5.01. The number of hydrogen-bond donors (Lipinski definition) is 1. The highest BCUT2D eigenvalue weighted by molar-refractivity contribution is 6.04. The van der Waals surface area contributed by atoms with Gasteiger partial charge in [-0.15, -0.1) is 0 Å². The van der Waals surface area contributed by atoms with E-state index in [1.54, 1.807) is 19.2 Å². The molecule has 1 heterocycles. The number of rotatable bonds is 2. The minimum Gasteiger partial charge on any atom is -0.508 e. The van der Waals surface area contributed by atoms with Gasteiger partial charge in [-0.05, 0) is 24.3 Å². The van der Waals surface area contributed by atoms with E-state index in [0.29, 0.717) is 5.69 Å². The van der Waals surface area contributed by atoms with E-state index in [4.69, 9.17) is 5.11 Å². The summed E-state index contributed by atoms with van der Waals surface area (Å²) in [7, 11) is 1.64. The highest BCUT2D eigenvalue weighted by Crippen LogP contribution is 2.18. The van der Waals surface area contributed by atoms with E-state index in [0.717, 1.165) is 0 Å². The fraction of sp³-hybridized carbons (Fsp3) is 0.0833. The van der Waals surface area contributed by atoms with Crippen molar-refractivity contribution in [1.29, 1.82) is 0 Å². The molecule has 1 N–H and O–H groups in total. The maximum atomic E-state index is 12.0. The summed E-state index contributed by atoms with van der Waals surface area (Å²) in [4.78, 5) is 21.2. The molecule has 1 aromatic heterocycles. The van der Waals surface area contributed by atoms with E-state index >= 15 is 0 Å². The zero-order valence-electron chi connectivity index (χ0n) is 9.24. The molecular formula is C12H11N3O2. The Morgan fingerprint density at radius 2 is 1.94 bits per heavy atom. The summed E-state index contributed by atoms with van der Waals surface area (Å²) in [6, 6.07) is 6.36. The van der Waals surface area contributed by atoms with E-state index < -0.39 is 0 Å². The van der Waals surface area contributed by atoms with Crippen molar-refractivity contribution in [2.24, 2.45) is 0 Å². The first kappa shape index (κ1) is 11.1. The molecule has 5 nitrogen and oxygen atoms in total. The largest absolute Gasteiger partial charge is 0.508 e. The Bertz CT molecular complexity index is 511. The molecule has 1 aromatic carbocycles. The molecule has 0 fully saturated rings. The third-order valence-electron chi connectivity index (χ3n) is 2.32. The zero-order chi connectivity index (χ0) is 12.3. The van der Waals surface area contributed by atoms with Crippen LogP contribution in [0.4, 0.5) is 5.69 Å². The molecule has 86 valence electrons. The highest BCUT2D eigenvalue weighted by atomic mass is 16.3. The molecule has 0 radical (unpaired) electrons. The van der Waals surface area contributed by atoms with Crippen LogP contribution in [0.25, 0.3) is 0 Å². The van der Waals surface area contributed by atoms with Crippen LogP contribution in [0.3, 0.4) is 0 Å². The van der Waals surface area contributed by atoms with Crippen molar-refractivity contribution in [3.8, 4) is 5.75 Å². The van der Waals surface area contributed by atoms with Crippen LogP contribution in [0, 0.1) is 0 Å². The molecule has 0 bridgehead atoms. The van der Waals surface area contributed by atoms with Gasteiger partial charge in [-0.2, -0.15) is 0 Å². The van der Waals surface area contributed by atoms with E-state index in [9.17, 15) is 4.79 Å². The fourth-order valence-corrected chi connectivity index (χ4v) is 1.37. The second kappa shape index (κ2) is 4.61. The van der Waals surface area contributed by atoms with E-state index in [1.807, 2.05) is 0 Å². The molecule has 0 atom stereocenters. The summed E-state index contributed by atoms with van der Waals surface area (Å²) in [6.07, 6.45) is 4.40. The lowest BCUT2D eigenvalue weighted by atomic mass is 10.2. The monoisotopic (exact) mass is 229 g/mol. The van der Waals surface area contributed by atoms with Crippen molar-refractivity contribution in [1.82, 2.24) is 9.97 Å². The number of carbonyl (C=O) groups is 1. The second-order valence-corrected chi connectivity index (χ2v) is 3.47. The van der Waals surface area contributed by atoms with Crippen LogP contribution in [0.15, 0.2) is 42.9 Å². The number of aromatic hydroxyl groups is 1. The van der Waals surface area contributed by atoms with Gasteiger partial charge >= 0.3 is 0 Å². The number of phenols is 1. The van der Waals surface area contributed by atoms with Crippen molar-refractivity contribution in [3.05, 3.63) is 48.5 Å². The quantitative estimate of drug-likeness (QED) is 0.846. The number of hydrogen-bond acceptors (Lipinski definition) is 4. The molecule has 0 aliphatic rings. The third kappa shape index (κ3) is 2.39. The van der Waals surface area contributed by atoms with Crippen molar-refractivity contribution in [3.63, 3.8) is 0 Å². The Morgan fingerprint density at radius 3 is 2.53 bits per heavy atom. The Morgan fingerprint density at radius 1 is 1.24 bits per heavy atom. The fourth-order valence-electron chi connectivity index (χ4n) is 1.37. The van der Waals surface area contributed by atoms with Crippen LogP contribution in [0.5, 0.6) is 5.75 Å². The van der Waals surface area contributed by atoms with Gasteiger partial charge in [0.15, 0.2) is 0 Å². The van der Waals surface area contributed by atoms with Crippen LogP contribution >= 0.6 is 0 Å². The molecule has 0 unspecified atom stereocenters. The van der Waals surface area contributed by atoms with Crippen LogP contribution in [-0.4, -0.2) is 28.0 Å². The maximum Gasteiger partial charge on any atom is 0.278 e. The number of carbonyl (C=O) groups excluding carboxylic acids is 1. The summed E-state index contributed by atoms with van der Waals surface area (Å²) in [5, 5.41) is 9.17. The van der Waals surface area contributed by atoms with Gasteiger partial charge in [0.1, 0.15) is 11.4 Å². The van der Waals surface area contributed by atoms with Gasteiger partial charge in [0.05, 0.1) is 6.20 Å². The average molecular weight is 229 g/mol. The first-order chi connectivity index (χ1) is 8.18. The van der Waals surface area contributed by atoms with Crippen LogP contribution in [0.2, 0.25) is 0 Å². The summed E-state index contributed by atoms with van der Waals surface area (Å²) in [5.41, 5.74) is 0.960.